The third-order valence-corrected chi connectivity index (χ3v) is 7.60. The molecular weight excluding hydrogens is 488 g/mol. The highest BCUT2D eigenvalue weighted by molar-refractivity contribution is 5.47. The highest BCUT2D eigenvalue weighted by atomic mass is 16.7. The summed E-state index contributed by atoms with van der Waals surface area (Å²) in [6.07, 6.45) is 5.84. The number of hydrogen-bond acceptors (Lipinski definition) is 5. The number of aliphatic hydroxyl groups is 2. The number of benzene rings is 3. The minimum absolute atomic E-state index is 0.0779. The normalized spacial score (nSPS) is 21.3. The average molecular weight is 533 g/mol. The largest absolute Gasteiger partial charge is 0.387 e. The maximum absolute atomic E-state index is 10.8. The van der Waals surface area contributed by atoms with Crippen LogP contribution in [0.15, 0.2) is 91.0 Å². The average Bonchev–Trinajstić information content (AvgIpc) is 3.26. The van der Waals surface area contributed by atoms with Gasteiger partial charge in [0.1, 0.15) is 23.9 Å². The number of hydrogen-bond donors (Lipinski definition) is 2. The topological polar surface area (TPSA) is 68.2 Å². The van der Waals surface area contributed by atoms with E-state index in [9.17, 15) is 10.2 Å². The Morgan fingerprint density at radius 1 is 0.641 bits per heavy atom. The molecule has 1 unspecified atom stereocenters. The van der Waals surface area contributed by atoms with Crippen molar-refractivity contribution in [2.45, 2.75) is 88.5 Å². The Labute approximate surface area is 233 Å². The fourth-order valence-electron chi connectivity index (χ4n) is 5.40. The third-order valence-electron chi connectivity index (χ3n) is 7.60. The first kappa shape index (κ1) is 29.4. The SMILES string of the molecule is CCCCCCCCCCO[C@@H]1O[C@H](COC(c2ccccc2)(c2ccccc2)c2ccccc2)C(O)[C@@H]1O. The van der Waals surface area contributed by atoms with Gasteiger partial charge in [-0.25, -0.2) is 0 Å². The van der Waals surface area contributed by atoms with E-state index in [1.165, 1.54) is 38.5 Å². The lowest BCUT2D eigenvalue weighted by molar-refractivity contribution is -0.176. The van der Waals surface area contributed by atoms with E-state index >= 15 is 0 Å². The van der Waals surface area contributed by atoms with Gasteiger partial charge < -0.3 is 24.4 Å². The first-order valence-corrected chi connectivity index (χ1v) is 14.6. The quantitative estimate of drug-likeness (QED) is 0.161. The van der Waals surface area contributed by atoms with Gasteiger partial charge in [-0.1, -0.05) is 143 Å². The van der Waals surface area contributed by atoms with Gasteiger partial charge in [0, 0.05) is 6.61 Å². The second kappa shape index (κ2) is 15.3. The van der Waals surface area contributed by atoms with Crippen molar-refractivity contribution in [2.75, 3.05) is 13.2 Å². The molecule has 5 heteroatoms. The Bertz CT molecular complexity index is 962. The van der Waals surface area contributed by atoms with Crippen molar-refractivity contribution in [1.29, 1.82) is 0 Å². The molecule has 1 heterocycles. The van der Waals surface area contributed by atoms with Crippen LogP contribution in [0.1, 0.15) is 75.0 Å². The lowest BCUT2D eigenvalue weighted by Gasteiger charge is -2.37. The molecule has 0 saturated carbocycles. The molecule has 0 spiro atoms. The maximum atomic E-state index is 10.8. The lowest BCUT2D eigenvalue weighted by Crippen LogP contribution is -2.39. The van der Waals surface area contributed by atoms with E-state index in [0.717, 1.165) is 29.5 Å². The first-order valence-electron chi connectivity index (χ1n) is 14.6. The predicted molar refractivity (Wildman–Crippen MR) is 154 cm³/mol. The summed E-state index contributed by atoms with van der Waals surface area (Å²) in [4.78, 5) is 0. The molecule has 3 aromatic carbocycles. The van der Waals surface area contributed by atoms with E-state index in [0.29, 0.717) is 6.61 Å². The van der Waals surface area contributed by atoms with Crippen molar-refractivity contribution in [3.05, 3.63) is 108 Å². The summed E-state index contributed by atoms with van der Waals surface area (Å²) in [7, 11) is 0. The van der Waals surface area contributed by atoms with Crippen molar-refractivity contribution in [3.63, 3.8) is 0 Å². The third kappa shape index (κ3) is 7.56. The van der Waals surface area contributed by atoms with Crippen LogP contribution in [0.25, 0.3) is 0 Å². The Morgan fingerprint density at radius 2 is 1.10 bits per heavy atom. The second-order valence-electron chi connectivity index (χ2n) is 10.5. The van der Waals surface area contributed by atoms with Crippen LogP contribution in [0, 0.1) is 0 Å². The van der Waals surface area contributed by atoms with Gasteiger partial charge in [0.2, 0.25) is 0 Å². The van der Waals surface area contributed by atoms with Gasteiger partial charge >= 0.3 is 0 Å². The maximum Gasteiger partial charge on any atom is 0.186 e. The molecule has 1 saturated heterocycles. The summed E-state index contributed by atoms with van der Waals surface area (Å²) in [5, 5.41) is 21.5. The van der Waals surface area contributed by atoms with Crippen LogP contribution in [0.4, 0.5) is 0 Å². The molecule has 210 valence electrons. The molecule has 5 nitrogen and oxygen atoms in total. The summed E-state index contributed by atoms with van der Waals surface area (Å²) in [5.41, 5.74) is 1.99. The molecule has 4 rings (SSSR count). The summed E-state index contributed by atoms with van der Waals surface area (Å²) in [6.45, 7) is 2.81. The summed E-state index contributed by atoms with van der Waals surface area (Å²) < 4.78 is 18.7. The van der Waals surface area contributed by atoms with E-state index in [1.807, 2.05) is 54.6 Å². The highest BCUT2D eigenvalue weighted by Crippen LogP contribution is 2.41. The van der Waals surface area contributed by atoms with Crippen molar-refractivity contribution >= 4 is 0 Å². The molecule has 2 N–H and O–H groups in total. The van der Waals surface area contributed by atoms with Crippen molar-refractivity contribution < 1.29 is 24.4 Å². The molecule has 1 fully saturated rings. The molecule has 1 aliphatic heterocycles. The molecule has 0 aromatic heterocycles. The van der Waals surface area contributed by atoms with Crippen molar-refractivity contribution in [3.8, 4) is 0 Å². The smallest absolute Gasteiger partial charge is 0.186 e. The van der Waals surface area contributed by atoms with E-state index in [1.54, 1.807) is 0 Å². The molecule has 0 aliphatic carbocycles. The molecule has 4 atom stereocenters. The highest BCUT2D eigenvalue weighted by Gasteiger charge is 2.46. The van der Waals surface area contributed by atoms with Crippen LogP contribution in [0.5, 0.6) is 0 Å². The van der Waals surface area contributed by atoms with E-state index in [4.69, 9.17) is 14.2 Å². The molecule has 3 aromatic rings. The molecule has 1 aliphatic rings. The number of aliphatic hydroxyl groups excluding tert-OH is 2. The molecule has 0 radical (unpaired) electrons. The Balaban J connectivity index is 1.42. The summed E-state index contributed by atoms with van der Waals surface area (Å²) in [6, 6.07) is 30.3. The minimum Gasteiger partial charge on any atom is -0.387 e. The van der Waals surface area contributed by atoms with Crippen molar-refractivity contribution in [1.82, 2.24) is 0 Å². The molecular formula is C34H44O5. The summed E-state index contributed by atoms with van der Waals surface area (Å²) in [5.74, 6) is 0. The number of ether oxygens (including phenoxy) is 3. The van der Waals surface area contributed by atoms with Crippen LogP contribution in [0.2, 0.25) is 0 Å². The van der Waals surface area contributed by atoms with Gasteiger partial charge in [0.15, 0.2) is 6.29 Å². The first-order chi connectivity index (χ1) is 19.2. The van der Waals surface area contributed by atoms with E-state index < -0.39 is 30.2 Å². The van der Waals surface area contributed by atoms with E-state index in [2.05, 4.69) is 43.3 Å². The monoisotopic (exact) mass is 532 g/mol. The van der Waals surface area contributed by atoms with E-state index in [-0.39, 0.29) is 6.61 Å². The van der Waals surface area contributed by atoms with Gasteiger partial charge in [-0.15, -0.1) is 0 Å². The Morgan fingerprint density at radius 3 is 1.59 bits per heavy atom. The van der Waals surface area contributed by atoms with Crippen LogP contribution >= 0.6 is 0 Å². The van der Waals surface area contributed by atoms with Gasteiger partial charge in [-0.3, -0.25) is 0 Å². The summed E-state index contributed by atoms with van der Waals surface area (Å²) >= 11 is 0. The Kier molecular flexibility index (Phi) is 11.6. The van der Waals surface area contributed by atoms with Gasteiger partial charge in [0.25, 0.3) is 0 Å². The molecule has 0 bridgehead atoms. The number of unbranched alkanes of at least 4 members (excludes halogenated alkanes) is 7. The zero-order valence-corrected chi connectivity index (χ0v) is 23.2. The van der Waals surface area contributed by atoms with Crippen LogP contribution < -0.4 is 0 Å². The zero-order valence-electron chi connectivity index (χ0n) is 23.2. The lowest BCUT2D eigenvalue weighted by atomic mass is 9.80. The van der Waals surface area contributed by atoms with Crippen molar-refractivity contribution in [2.24, 2.45) is 0 Å². The van der Waals surface area contributed by atoms with Gasteiger partial charge in [-0.05, 0) is 23.1 Å². The zero-order chi connectivity index (χ0) is 27.3. The fourth-order valence-corrected chi connectivity index (χ4v) is 5.40. The van der Waals surface area contributed by atoms with Gasteiger partial charge in [-0.2, -0.15) is 0 Å². The fraction of sp³-hybridized carbons (Fsp3) is 0.471. The Hall–Kier alpha value is -2.54. The van der Waals surface area contributed by atoms with Crippen LogP contribution in [-0.4, -0.2) is 48.0 Å². The predicted octanol–water partition coefficient (Wildman–Crippen LogP) is 6.60. The van der Waals surface area contributed by atoms with Crippen LogP contribution in [-0.2, 0) is 19.8 Å². The second-order valence-corrected chi connectivity index (χ2v) is 10.5. The molecule has 39 heavy (non-hydrogen) atoms. The van der Waals surface area contributed by atoms with Crippen LogP contribution in [0.3, 0.4) is 0 Å². The van der Waals surface area contributed by atoms with Gasteiger partial charge in [0.05, 0.1) is 6.61 Å². The molecule has 0 amide bonds. The standard InChI is InChI=1S/C34H44O5/c1-2-3-4-5-6-7-8-18-25-37-33-32(36)31(35)30(39-33)26-38-34(27-19-12-9-13-20-27,28-21-14-10-15-22-28)29-23-16-11-17-24-29/h9-17,19-24,30-33,35-36H,2-8,18,25-26H2,1H3/t30-,31?,32+,33-/m1/s1. The number of rotatable bonds is 16. The minimum atomic E-state index is -1.12.